The van der Waals surface area contributed by atoms with E-state index >= 15 is 0 Å². The Hall–Kier alpha value is -3.93. The minimum absolute atomic E-state index is 0.0166. The summed E-state index contributed by atoms with van der Waals surface area (Å²) < 4.78 is 3.98. The highest BCUT2D eigenvalue weighted by Gasteiger charge is 2.31. The smallest absolute Gasteiger partial charge is 0.350 e. The molecular formula is C21H24N6O6. The Kier molecular flexibility index (Phi) is 5.77. The van der Waals surface area contributed by atoms with Crippen LogP contribution in [0.25, 0.3) is 5.65 Å². The van der Waals surface area contributed by atoms with Crippen molar-refractivity contribution >= 4 is 17.5 Å². The first-order chi connectivity index (χ1) is 15.7. The lowest BCUT2D eigenvalue weighted by atomic mass is 10.1. The number of hydrogen-bond donors (Lipinski definition) is 3. The summed E-state index contributed by atoms with van der Waals surface area (Å²) in [5.74, 6) is -2.12. The van der Waals surface area contributed by atoms with Gasteiger partial charge in [-0.1, -0.05) is 0 Å². The molecule has 1 aliphatic rings. The van der Waals surface area contributed by atoms with Crippen LogP contribution in [0.1, 0.15) is 40.4 Å². The number of fused-ring (bicyclic) bond motifs is 2. The molecule has 4 heterocycles. The molecule has 174 valence electrons. The molecule has 0 spiro atoms. The Bertz CT molecular complexity index is 1370. The molecule has 1 amide bonds. The molecule has 33 heavy (non-hydrogen) atoms. The predicted molar refractivity (Wildman–Crippen MR) is 117 cm³/mol. The third-order valence-electron chi connectivity index (χ3n) is 5.67. The number of aromatic hydroxyl groups is 1. The number of carboxylic acid groups (broad SMARTS) is 1. The molecule has 3 aromatic rings. The fraction of sp³-hybridized carbons (Fsp3) is 0.381. The molecule has 0 aromatic carbocycles. The van der Waals surface area contributed by atoms with Crippen LogP contribution in [0.3, 0.4) is 0 Å². The Balaban J connectivity index is 1.51. The molecule has 4 rings (SSSR count). The monoisotopic (exact) mass is 456 g/mol. The zero-order valence-corrected chi connectivity index (χ0v) is 18.2. The van der Waals surface area contributed by atoms with E-state index in [1.165, 1.54) is 28.8 Å². The third-order valence-corrected chi connectivity index (χ3v) is 5.67. The Morgan fingerprint density at radius 1 is 1.24 bits per heavy atom. The summed E-state index contributed by atoms with van der Waals surface area (Å²) in [6, 6.07) is 4.07. The van der Waals surface area contributed by atoms with E-state index in [2.05, 4.69) is 10.4 Å². The molecule has 0 aliphatic carbocycles. The quantitative estimate of drug-likeness (QED) is 0.411. The minimum atomic E-state index is -1.18. The van der Waals surface area contributed by atoms with Crippen molar-refractivity contribution in [2.24, 2.45) is 0 Å². The molecule has 0 bridgehead atoms. The number of nitrogens with zero attached hydrogens (tertiary/aromatic N) is 5. The zero-order chi connectivity index (χ0) is 23.9. The van der Waals surface area contributed by atoms with Crippen molar-refractivity contribution in [3.8, 4) is 5.75 Å². The molecule has 12 heteroatoms. The Labute approximate surface area is 187 Å². The van der Waals surface area contributed by atoms with E-state index < -0.39 is 28.7 Å². The molecule has 12 nitrogen and oxygen atoms in total. The van der Waals surface area contributed by atoms with Gasteiger partial charge in [0, 0.05) is 50.2 Å². The number of amides is 1. The first-order valence-corrected chi connectivity index (χ1v) is 10.5. The largest absolute Gasteiger partial charge is 0.503 e. The molecule has 3 aromatic heterocycles. The van der Waals surface area contributed by atoms with Gasteiger partial charge in [0.05, 0.1) is 6.54 Å². The SMILES string of the molecule is CC(C)N1CCn2c(CNCCn3nc4c(C(=O)O)cccn4c3=O)cc(=O)c(O)c2C1=O. The van der Waals surface area contributed by atoms with E-state index in [9.17, 15) is 29.4 Å². The summed E-state index contributed by atoms with van der Waals surface area (Å²) in [7, 11) is 0. The molecule has 1 aliphatic heterocycles. The van der Waals surface area contributed by atoms with Crippen molar-refractivity contribution in [2.45, 2.75) is 39.5 Å². The summed E-state index contributed by atoms with van der Waals surface area (Å²) >= 11 is 0. The summed E-state index contributed by atoms with van der Waals surface area (Å²) in [6.45, 7) is 5.32. The second-order valence-electron chi connectivity index (χ2n) is 8.04. The van der Waals surface area contributed by atoms with Gasteiger partial charge in [0.15, 0.2) is 17.1 Å². The van der Waals surface area contributed by atoms with Crippen LogP contribution in [0.4, 0.5) is 0 Å². The average Bonchev–Trinajstić information content (AvgIpc) is 3.09. The average molecular weight is 456 g/mol. The van der Waals surface area contributed by atoms with Crippen molar-refractivity contribution in [3.63, 3.8) is 0 Å². The lowest BCUT2D eigenvalue weighted by Gasteiger charge is -2.34. The number of carboxylic acids is 1. The summed E-state index contributed by atoms with van der Waals surface area (Å²) in [5.41, 5.74) is -0.585. The topological polar surface area (TPSA) is 151 Å². The summed E-state index contributed by atoms with van der Waals surface area (Å²) in [5, 5.41) is 26.7. The van der Waals surface area contributed by atoms with Gasteiger partial charge in [-0.15, -0.1) is 5.10 Å². The van der Waals surface area contributed by atoms with Crippen LogP contribution < -0.4 is 16.4 Å². The van der Waals surface area contributed by atoms with E-state index in [1.54, 1.807) is 9.47 Å². The van der Waals surface area contributed by atoms with Crippen molar-refractivity contribution in [2.75, 3.05) is 13.1 Å². The van der Waals surface area contributed by atoms with Crippen LogP contribution in [0.15, 0.2) is 34.0 Å². The predicted octanol–water partition coefficient (Wildman–Crippen LogP) is -0.284. The van der Waals surface area contributed by atoms with Crippen LogP contribution in [0.5, 0.6) is 5.75 Å². The molecule has 0 saturated heterocycles. The molecule has 0 atom stereocenters. The lowest BCUT2D eigenvalue weighted by molar-refractivity contribution is 0.0637. The minimum Gasteiger partial charge on any atom is -0.503 e. The third kappa shape index (κ3) is 3.89. The second kappa shape index (κ2) is 8.54. The van der Waals surface area contributed by atoms with Gasteiger partial charge in [0.1, 0.15) is 5.56 Å². The number of carbonyl (C=O) groups excluding carboxylic acids is 1. The van der Waals surface area contributed by atoms with Crippen molar-refractivity contribution in [3.05, 3.63) is 62.1 Å². The molecule has 0 radical (unpaired) electrons. The van der Waals surface area contributed by atoms with E-state index in [0.29, 0.717) is 25.3 Å². The molecule has 0 unspecified atom stereocenters. The zero-order valence-electron chi connectivity index (χ0n) is 18.2. The maximum Gasteiger partial charge on any atom is 0.350 e. The maximum atomic E-state index is 12.8. The van der Waals surface area contributed by atoms with E-state index in [1.807, 2.05) is 13.8 Å². The first-order valence-electron chi connectivity index (χ1n) is 10.5. The highest BCUT2D eigenvalue weighted by Crippen LogP contribution is 2.22. The number of aromatic carboxylic acids is 1. The van der Waals surface area contributed by atoms with Crippen LogP contribution in [-0.2, 0) is 19.6 Å². The molecule has 0 saturated carbocycles. The van der Waals surface area contributed by atoms with Gasteiger partial charge in [-0.05, 0) is 26.0 Å². The summed E-state index contributed by atoms with van der Waals surface area (Å²) in [6.07, 6.45) is 1.45. The fourth-order valence-corrected chi connectivity index (χ4v) is 3.99. The number of rotatable bonds is 7. The lowest BCUT2D eigenvalue weighted by Crippen LogP contribution is -2.46. The number of hydrogen-bond acceptors (Lipinski definition) is 7. The van der Waals surface area contributed by atoms with Gasteiger partial charge < -0.3 is 25.0 Å². The fourth-order valence-electron chi connectivity index (χ4n) is 3.99. The molecular weight excluding hydrogens is 432 g/mol. The van der Waals surface area contributed by atoms with E-state index in [-0.39, 0.29) is 36.0 Å². The Morgan fingerprint density at radius 3 is 2.70 bits per heavy atom. The second-order valence-corrected chi connectivity index (χ2v) is 8.04. The van der Waals surface area contributed by atoms with Gasteiger partial charge in [-0.2, -0.15) is 0 Å². The van der Waals surface area contributed by atoms with Crippen molar-refractivity contribution in [1.29, 1.82) is 0 Å². The van der Waals surface area contributed by atoms with Gasteiger partial charge in [-0.3, -0.25) is 9.59 Å². The highest BCUT2D eigenvalue weighted by atomic mass is 16.4. The van der Waals surface area contributed by atoms with E-state index in [0.717, 1.165) is 4.68 Å². The molecule has 0 fully saturated rings. The van der Waals surface area contributed by atoms with Gasteiger partial charge in [-0.25, -0.2) is 18.7 Å². The summed E-state index contributed by atoms with van der Waals surface area (Å²) in [4.78, 5) is 50.5. The number of nitrogens with one attached hydrogen (secondary N) is 1. The molecule has 3 N–H and O–H groups in total. The maximum absolute atomic E-state index is 12.8. The van der Waals surface area contributed by atoms with Crippen LogP contribution in [-0.4, -0.2) is 64.9 Å². The number of pyridine rings is 2. The van der Waals surface area contributed by atoms with Gasteiger partial charge in [0.2, 0.25) is 5.43 Å². The normalized spacial score (nSPS) is 13.7. The van der Waals surface area contributed by atoms with Gasteiger partial charge >= 0.3 is 11.7 Å². The Morgan fingerprint density at radius 2 is 2.00 bits per heavy atom. The van der Waals surface area contributed by atoms with Crippen LogP contribution >= 0.6 is 0 Å². The highest BCUT2D eigenvalue weighted by molar-refractivity contribution is 5.96. The number of carbonyl (C=O) groups is 2. The van der Waals surface area contributed by atoms with Crippen molar-refractivity contribution in [1.82, 2.24) is 29.0 Å². The number of aromatic nitrogens is 4. The van der Waals surface area contributed by atoms with Crippen LogP contribution in [0, 0.1) is 0 Å². The first kappa shape index (κ1) is 22.3. The van der Waals surface area contributed by atoms with E-state index in [4.69, 9.17) is 0 Å². The van der Waals surface area contributed by atoms with Crippen LogP contribution in [0.2, 0.25) is 0 Å². The van der Waals surface area contributed by atoms with Gasteiger partial charge in [0.25, 0.3) is 5.91 Å². The van der Waals surface area contributed by atoms with Crippen molar-refractivity contribution < 1.29 is 19.8 Å². The standard InChI is InChI=1S/C21H24N6O6/c1-12(2)24-8-9-25-13(10-15(28)17(29)16(25)19(24)30)11-22-5-7-27-21(33)26-6-3-4-14(20(31)32)18(26)23-27/h3-4,6,10,12,22,29H,5,7-9,11H2,1-2H3,(H,31,32).